The average Bonchev–Trinajstić information content (AvgIpc) is 2.97. The first kappa shape index (κ1) is 47.6. The van der Waals surface area contributed by atoms with Crippen molar-refractivity contribution in [2.24, 2.45) is 5.92 Å². The fraction of sp³-hybridized carbons (Fsp3) is 0.660. The van der Waals surface area contributed by atoms with Gasteiger partial charge in [0, 0.05) is 0 Å². The number of phenolic OH excluding ortho intramolecular Hbond substituents is 1. The fourth-order valence-electron chi connectivity index (χ4n) is 8.46. The van der Waals surface area contributed by atoms with Crippen molar-refractivity contribution >= 4 is 0 Å². The van der Waals surface area contributed by atoms with Crippen LogP contribution in [0.4, 0.5) is 0 Å². The summed E-state index contributed by atoms with van der Waals surface area (Å²) in [7, 11) is 0. The summed E-state index contributed by atoms with van der Waals surface area (Å²) in [6.45, 7) is 52.0. The molecule has 1 aliphatic carbocycles. The second-order valence-electron chi connectivity index (χ2n) is 23.4. The zero-order chi connectivity index (χ0) is 42.2. The Labute approximate surface area is 336 Å². The predicted octanol–water partition coefficient (Wildman–Crippen LogP) is 16.1. The van der Waals surface area contributed by atoms with E-state index in [4.69, 9.17) is 0 Å². The maximum atomic E-state index is 10.4. The molecule has 0 spiro atoms. The van der Waals surface area contributed by atoms with Crippen molar-refractivity contribution in [1.82, 2.24) is 0 Å². The summed E-state index contributed by atoms with van der Waals surface area (Å²) >= 11 is 0. The van der Waals surface area contributed by atoms with Gasteiger partial charge in [-0.2, -0.15) is 0 Å². The molecule has 0 aliphatic heterocycles. The lowest BCUT2D eigenvalue weighted by atomic mass is 9.72. The van der Waals surface area contributed by atoms with Crippen molar-refractivity contribution < 1.29 is 5.11 Å². The van der Waals surface area contributed by atoms with Gasteiger partial charge in [0.15, 0.2) is 0 Å². The molecule has 1 nitrogen and oxygen atoms in total. The first-order valence-corrected chi connectivity index (χ1v) is 21.2. The second-order valence-corrected chi connectivity index (χ2v) is 23.4. The monoisotopic (exact) mass is 739 g/mol. The van der Waals surface area contributed by atoms with Gasteiger partial charge in [-0.15, -0.1) is 0 Å². The van der Waals surface area contributed by atoms with Gasteiger partial charge in [0.05, 0.1) is 0 Å². The summed E-state index contributed by atoms with van der Waals surface area (Å²) in [6, 6.07) is 13.9. The highest BCUT2D eigenvalue weighted by Crippen LogP contribution is 2.42. The van der Waals surface area contributed by atoms with Crippen LogP contribution in [0.25, 0.3) is 0 Å². The molecular formula is C53H86O. The zero-order valence-corrected chi connectivity index (χ0v) is 39.9. The highest BCUT2D eigenvalue weighted by Gasteiger charge is 2.29. The minimum absolute atomic E-state index is 0.0178. The third-order valence-corrected chi connectivity index (χ3v) is 11.6. The van der Waals surface area contributed by atoms with Crippen LogP contribution in [0.1, 0.15) is 224 Å². The quantitative estimate of drug-likeness (QED) is 0.264. The number of phenols is 1. The molecule has 0 radical (unpaired) electrons. The molecule has 0 heterocycles. The summed E-state index contributed by atoms with van der Waals surface area (Å²) in [5.74, 6) is 2.16. The molecule has 0 atom stereocenters. The Hall–Kier alpha value is -2.54. The average molecular weight is 739 g/mol. The van der Waals surface area contributed by atoms with E-state index >= 15 is 0 Å². The number of hydrogen-bond donors (Lipinski definition) is 1. The lowest BCUT2D eigenvalue weighted by Crippen LogP contribution is -2.21. The molecule has 1 N–H and O–H groups in total. The van der Waals surface area contributed by atoms with E-state index in [0.29, 0.717) is 5.75 Å². The zero-order valence-electron chi connectivity index (χ0n) is 39.9. The summed E-state index contributed by atoms with van der Waals surface area (Å²) in [5.41, 5.74) is 16.2. The van der Waals surface area contributed by atoms with Gasteiger partial charge in [0.25, 0.3) is 0 Å². The van der Waals surface area contributed by atoms with Crippen molar-refractivity contribution in [3.8, 4) is 5.75 Å². The highest BCUT2D eigenvalue weighted by molar-refractivity contribution is 5.50. The number of aromatic hydroxyl groups is 1. The molecule has 0 amide bonds. The van der Waals surface area contributed by atoms with Crippen LogP contribution in [0.5, 0.6) is 5.75 Å². The predicted molar refractivity (Wildman–Crippen MR) is 243 cm³/mol. The molecule has 1 heteroatoms. The molecule has 0 unspecified atom stereocenters. The molecule has 0 saturated heterocycles. The van der Waals surface area contributed by atoms with Crippen LogP contribution in [0.3, 0.4) is 0 Å². The first-order valence-electron chi connectivity index (χ1n) is 21.2. The minimum Gasteiger partial charge on any atom is -0.507 e. The van der Waals surface area contributed by atoms with Gasteiger partial charge in [0.2, 0.25) is 0 Å². The number of aryl methyl sites for hydroxylation is 2. The van der Waals surface area contributed by atoms with Crippen molar-refractivity contribution in [3.05, 3.63) is 97.6 Å². The van der Waals surface area contributed by atoms with E-state index in [2.05, 4.69) is 196 Å². The number of benzene rings is 3. The third-order valence-electron chi connectivity index (χ3n) is 11.6. The van der Waals surface area contributed by atoms with E-state index in [1.165, 1.54) is 59.1 Å². The maximum Gasteiger partial charge on any atom is 0.123 e. The maximum absolute atomic E-state index is 10.4. The molecule has 54 heavy (non-hydrogen) atoms. The molecule has 304 valence electrons. The van der Waals surface area contributed by atoms with Crippen molar-refractivity contribution in [2.75, 3.05) is 0 Å². The van der Waals surface area contributed by atoms with Gasteiger partial charge < -0.3 is 5.11 Å². The summed E-state index contributed by atoms with van der Waals surface area (Å²) in [6.07, 6.45) is 5.54. The Bertz CT molecular complexity index is 1510. The van der Waals surface area contributed by atoms with Gasteiger partial charge in [-0.05, 0) is 135 Å². The van der Waals surface area contributed by atoms with E-state index in [1.807, 2.05) is 0 Å². The van der Waals surface area contributed by atoms with Crippen LogP contribution in [-0.2, 0) is 32.5 Å². The second kappa shape index (κ2) is 16.9. The van der Waals surface area contributed by atoms with Crippen LogP contribution in [0.15, 0.2) is 36.4 Å². The van der Waals surface area contributed by atoms with Crippen molar-refractivity contribution in [3.63, 3.8) is 0 Å². The Kier molecular flexibility index (Phi) is 14.9. The molecular weight excluding hydrogens is 653 g/mol. The molecule has 3 aromatic carbocycles. The molecule has 0 bridgehead atoms. The summed E-state index contributed by atoms with van der Waals surface area (Å²) < 4.78 is 0. The van der Waals surface area contributed by atoms with Crippen molar-refractivity contribution in [2.45, 2.75) is 223 Å². The van der Waals surface area contributed by atoms with Gasteiger partial charge >= 0.3 is 0 Å². The molecule has 1 saturated carbocycles. The Balaban J connectivity index is 0.000000286. The van der Waals surface area contributed by atoms with E-state index in [0.717, 1.165) is 23.0 Å². The molecule has 4 rings (SSSR count). The third kappa shape index (κ3) is 12.7. The normalized spacial score (nSPS) is 17.3. The number of hydrogen-bond acceptors (Lipinski definition) is 1. The Morgan fingerprint density at radius 3 is 0.889 bits per heavy atom. The van der Waals surface area contributed by atoms with Crippen LogP contribution in [0, 0.1) is 33.6 Å². The topological polar surface area (TPSA) is 20.2 Å². The lowest BCUT2D eigenvalue weighted by molar-refractivity contribution is 0.347. The fourth-order valence-corrected chi connectivity index (χ4v) is 8.46. The highest BCUT2D eigenvalue weighted by atomic mass is 16.3. The smallest absolute Gasteiger partial charge is 0.123 e. The van der Waals surface area contributed by atoms with Crippen LogP contribution < -0.4 is 0 Å². The Morgan fingerprint density at radius 2 is 0.630 bits per heavy atom. The summed E-state index contributed by atoms with van der Waals surface area (Å²) in [5, 5.41) is 10.4. The molecule has 3 aromatic rings. The van der Waals surface area contributed by atoms with Gasteiger partial charge in [-0.25, -0.2) is 0 Å². The van der Waals surface area contributed by atoms with Gasteiger partial charge in [0.1, 0.15) is 5.75 Å². The first-order chi connectivity index (χ1) is 24.1. The van der Waals surface area contributed by atoms with Crippen LogP contribution in [0.2, 0.25) is 0 Å². The van der Waals surface area contributed by atoms with E-state index in [9.17, 15) is 5.11 Å². The molecule has 0 aromatic heterocycles. The lowest BCUT2D eigenvalue weighted by Gasteiger charge is -2.33. The molecule has 1 fully saturated rings. The molecule has 1 aliphatic rings. The number of rotatable bonds is 1. The van der Waals surface area contributed by atoms with E-state index in [-0.39, 0.29) is 32.5 Å². The van der Waals surface area contributed by atoms with E-state index in [1.54, 1.807) is 16.7 Å². The Morgan fingerprint density at radius 1 is 0.389 bits per heavy atom. The van der Waals surface area contributed by atoms with Crippen LogP contribution in [-0.4, -0.2) is 5.11 Å². The van der Waals surface area contributed by atoms with Crippen molar-refractivity contribution in [1.29, 1.82) is 0 Å². The standard InChI is InChI=1S/C22H36.C16H26.C15H24O/c1-15-9-11-17(12-10-15)18-13-19(21(3,4)5)16(2)20(14-18)22(6,7)8;1-11-9-13(15(3,4)5)12(2)14(10-11)16(6,7)8;1-10-8-11(14(2,3)4)13(16)12(9-10)15(5,6)7/h13-15,17H,9-12H2,1-8H3;9-10H,1-8H3;8-9,16H,1-7H3. The SMILES string of the molecule is Cc1c(C(C)(C)C)cc(C2CCC(C)CC2)cc1C(C)(C)C.Cc1cc(C(C)(C)C)c(C)c(C(C)(C)C)c1.Cc1cc(C(C)(C)C)c(O)c(C(C)(C)C)c1. The largest absolute Gasteiger partial charge is 0.507 e. The van der Waals surface area contributed by atoms with Gasteiger partial charge in [-0.3, -0.25) is 0 Å². The summed E-state index contributed by atoms with van der Waals surface area (Å²) in [4.78, 5) is 0. The van der Waals surface area contributed by atoms with E-state index < -0.39 is 0 Å². The van der Waals surface area contributed by atoms with Crippen LogP contribution >= 0.6 is 0 Å². The van der Waals surface area contributed by atoms with Gasteiger partial charge in [-0.1, -0.05) is 192 Å². The minimum atomic E-state index is -0.0178.